The van der Waals surface area contributed by atoms with Crippen LogP contribution in [0.25, 0.3) is 0 Å². The normalized spacial score (nSPS) is 25.8. The Kier molecular flexibility index (Phi) is 5.27. The largest absolute Gasteiger partial charge is 0.494 e. The second kappa shape index (κ2) is 7.53. The quantitative estimate of drug-likeness (QED) is 0.476. The highest BCUT2D eigenvalue weighted by molar-refractivity contribution is 7.89. The van der Waals surface area contributed by atoms with E-state index in [9.17, 15) is 13.2 Å². The zero-order chi connectivity index (χ0) is 19.0. The summed E-state index contributed by atoms with van der Waals surface area (Å²) in [4.78, 5) is 14.4. The molecule has 0 unspecified atom stereocenters. The zero-order valence-corrected chi connectivity index (χ0v) is 16.7. The number of Topliss-reactive ketones (excluding diaryl/α,β-unsaturated/α-hetero) is 1. The molecule has 1 aromatic rings. The molecule has 3 fully saturated rings. The van der Waals surface area contributed by atoms with Gasteiger partial charge in [0.1, 0.15) is 5.75 Å². The Morgan fingerprint density at radius 1 is 1.15 bits per heavy atom. The number of fused-ring (bicyclic) bond motifs is 2. The van der Waals surface area contributed by atoms with Crippen molar-refractivity contribution in [1.82, 2.24) is 9.21 Å². The maximum atomic E-state index is 12.1. The molecule has 148 valence electrons. The highest BCUT2D eigenvalue weighted by Gasteiger charge is 2.47. The first-order valence-electron chi connectivity index (χ1n) is 9.98. The van der Waals surface area contributed by atoms with Crippen molar-refractivity contribution in [1.29, 1.82) is 0 Å². The van der Waals surface area contributed by atoms with Crippen LogP contribution >= 0.6 is 0 Å². The summed E-state index contributed by atoms with van der Waals surface area (Å²) in [5.74, 6) is 1.49. The maximum absolute atomic E-state index is 12.1. The number of likely N-dealkylation sites (tertiary alicyclic amines) is 1. The smallest absolute Gasteiger partial charge is 0.214 e. The van der Waals surface area contributed by atoms with E-state index < -0.39 is 10.0 Å². The molecule has 2 aliphatic heterocycles. The second-order valence-electron chi connectivity index (χ2n) is 7.87. The third-order valence-electron chi connectivity index (χ3n) is 5.97. The average molecular weight is 393 g/mol. The minimum Gasteiger partial charge on any atom is -0.494 e. The van der Waals surface area contributed by atoms with Gasteiger partial charge in [0.15, 0.2) is 5.78 Å². The van der Waals surface area contributed by atoms with Gasteiger partial charge >= 0.3 is 0 Å². The second-order valence-corrected chi connectivity index (χ2v) is 10.1. The number of rotatable bonds is 9. The molecule has 2 saturated heterocycles. The molecule has 1 aliphatic carbocycles. The van der Waals surface area contributed by atoms with E-state index in [2.05, 4.69) is 4.90 Å². The van der Waals surface area contributed by atoms with Crippen LogP contribution < -0.4 is 4.74 Å². The number of hydrogen-bond donors (Lipinski definition) is 0. The van der Waals surface area contributed by atoms with Crippen molar-refractivity contribution < 1.29 is 17.9 Å². The van der Waals surface area contributed by atoms with E-state index >= 15 is 0 Å². The number of carbonyl (C=O) groups excluding carboxylic acids is 1. The van der Waals surface area contributed by atoms with Gasteiger partial charge in [-0.2, -0.15) is 4.31 Å². The molecule has 3 aliphatic rings. The first-order valence-corrected chi connectivity index (χ1v) is 11.6. The van der Waals surface area contributed by atoms with E-state index in [1.807, 2.05) is 24.3 Å². The Morgan fingerprint density at radius 2 is 1.89 bits per heavy atom. The number of nitrogens with zero attached hydrogens (tertiary/aromatic N) is 2. The predicted molar refractivity (Wildman–Crippen MR) is 104 cm³/mol. The molecular weight excluding hydrogens is 364 g/mol. The fraction of sp³-hybridized carbons (Fsp3) is 0.650. The molecule has 2 atom stereocenters. The number of carbonyl (C=O) groups is 1. The first-order chi connectivity index (χ1) is 13.0. The van der Waals surface area contributed by atoms with Crippen molar-refractivity contribution in [3.8, 4) is 5.75 Å². The molecule has 2 bridgehead atoms. The molecule has 4 rings (SSSR count). The van der Waals surface area contributed by atoms with Crippen molar-refractivity contribution >= 4 is 15.8 Å². The molecule has 0 radical (unpaired) electrons. The van der Waals surface area contributed by atoms with Crippen LogP contribution in [0, 0.1) is 5.92 Å². The average Bonchev–Trinajstić information content (AvgIpc) is 3.34. The molecule has 0 N–H and O–H groups in total. The topological polar surface area (TPSA) is 66.9 Å². The van der Waals surface area contributed by atoms with Gasteiger partial charge in [0.25, 0.3) is 0 Å². The number of ether oxygens (including phenoxy) is 1. The van der Waals surface area contributed by atoms with E-state index in [0.717, 1.165) is 50.1 Å². The Morgan fingerprint density at radius 3 is 2.48 bits per heavy atom. The van der Waals surface area contributed by atoms with Crippen LogP contribution in [0.15, 0.2) is 24.3 Å². The summed E-state index contributed by atoms with van der Waals surface area (Å²) >= 11 is 0. The summed E-state index contributed by atoms with van der Waals surface area (Å²) < 4.78 is 31.7. The van der Waals surface area contributed by atoms with Crippen LogP contribution in [0.3, 0.4) is 0 Å². The van der Waals surface area contributed by atoms with Crippen molar-refractivity contribution in [2.45, 2.75) is 44.7 Å². The van der Waals surface area contributed by atoms with Crippen LogP contribution in [0.5, 0.6) is 5.75 Å². The fourth-order valence-electron chi connectivity index (χ4n) is 4.25. The molecule has 0 amide bonds. The van der Waals surface area contributed by atoms with Crippen LogP contribution in [0.4, 0.5) is 0 Å². The first kappa shape index (κ1) is 18.9. The lowest BCUT2D eigenvalue weighted by Gasteiger charge is -2.33. The number of piperazine rings is 1. The number of hydrogen-bond acceptors (Lipinski definition) is 5. The molecule has 7 heteroatoms. The van der Waals surface area contributed by atoms with Gasteiger partial charge in [0, 0.05) is 43.2 Å². The summed E-state index contributed by atoms with van der Waals surface area (Å²) in [6.07, 6.45) is 3.91. The lowest BCUT2D eigenvalue weighted by molar-refractivity contribution is 0.0967. The van der Waals surface area contributed by atoms with Gasteiger partial charge < -0.3 is 4.74 Å². The Labute approximate surface area is 161 Å². The Balaban J connectivity index is 1.19. The molecule has 2 heterocycles. The Bertz CT molecular complexity index is 789. The van der Waals surface area contributed by atoms with Gasteiger partial charge in [-0.05, 0) is 56.9 Å². The number of sulfonamides is 1. The van der Waals surface area contributed by atoms with Crippen LogP contribution in [0.1, 0.15) is 43.0 Å². The summed E-state index contributed by atoms with van der Waals surface area (Å²) in [6, 6.07) is 7.97. The molecule has 27 heavy (non-hydrogen) atoms. The van der Waals surface area contributed by atoms with Gasteiger partial charge in [-0.3, -0.25) is 9.69 Å². The Hall–Kier alpha value is -1.44. The standard InChI is InChI=1S/C20H28N2O4S/c1-2-27(24,25)22-14-17-12-18(22)13-21(17)10-3-11-26-19-8-6-16(7-9-19)20(23)15-4-5-15/h6-9,15,17-18H,2-5,10-14H2,1H3/t17-,18-/m0/s1. The molecular formula is C20H28N2O4S. The van der Waals surface area contributed by atoms with Gasteiger partial charge in [0.05, 0.1) is 12.4 Å². The van der Waals surface area contributed by atoms with E-state index in [4.69, 9.17) is 4.74 Å². The SMILES string of the molecule is CCS(=O)(=O)N1C[C@@H]2C[C@H]1CN2CCCOc1ccc(C(=O)C2CC2)cc1. The number of ketones is 1. The lowest BCUT2D eigenvalue weighted by Crippen LogP contribution is -2.49. The minimum atomic E-state index is -3.07. The van der Waals surface area contributed by atoms with E-state index in [-0.39, 0.29) is 23.5 Å². The fourth-order valence-corrected chi connectivity index (χ4v) is 5.59. The zero-order valence-electron chi connectivity index (χ0n) is 15.8. The van der Waals surface area contributed by atoms with E-state index in [0.29, 0.717) is 19.2 Å². The molecule has 1 aromatic carbocycles. The van der Waals surface area contributed by atoms with Crippen molar-refractivity contribution in [3.63, 3.8) is 0 Å². The highest BCUT2D eigenvalue weighted by atomic mass is 32.2. The van der Waals surface area contributed by atoms with Crippen LogP contribution in [-0.2, 0) is 10.0 Å². The minimum absolute atomic E-state index is 0.150. The summed E-state index contributed by atoms with van der Waals surface area (Å²) in [7, 11) is -3.07. The molecule has 0 spiro atoms. The van der Waals surface area contributed by atoms with Crippen molar-refractivity contribution in [3.05, 3.63) is 29.8 Å². The van der Waals surface area contributed by atoms with Crippen LogP contribution in [-0.4, -0.2) is 67.5 Å². The number of benzene rings is 1. The van der Waals surface area contributed by atoms with Gasteiger partial charge in [0.2, 0.25) is 10.0 Å². The molecule has 0 aromatic heterocycles. The third kappa shape index (κ3) is 4.05. The third-order valence-corrected chi connectivity index (χ3v) is 7.86. The monoisotopic (exact) mass is 392 g/mol. The molecule has 6 nitrogen and oxygen atoms in total. The van der Waals surface area contributed by atoms with Gasteiger partial charge in [-0.15, -0.1) is 0 Å². The van der Waals surface area contributed by atoms with E-state index in [1.54, 1.807) is 11.2 Å². The summed E-state index contributed by atoms with van der Waals surface area (Å²) in [5.41, 5.74) is 0.782. The highest BCUT2D eigenvalue weighted by Crippen LogP contribution is 2.33. The summed E-state index contributed by atoms with van der Waals surface area (Å²) in [6.45, 7) is 4.74. The summed E-state index contributed by atoms with van der Waals surface area (Å²) in [5, 5.41) is 0. The predicted octanol–water partition coefficient (Wildman–Crippen LogP) is 2.16. The maximum Gasteiger partial charge on any atom is 0.214 e. The van der Waals surface area contributed by atoms with E-state index in [1.165, 1.54) is 0 Å². The van der Waals surface area contributed by atoms with Crippen LogP contribution in [0.2, 0.25) is 0 Å². The van der Waals surface area contributed by atoms with Crippen molar-refractivity contribution in [2.24, 2.45) is 5.92 Å². The van der Waals surface area contributed by atoms with Gasteiger partial charge in [-0.25, -0.2) is 8.42 Å². The lowest BCUT2D eigenvalue weighted by atomic mass is 10.1. The molecule has 1 saturated carbocycles. The van der Waals surface area contributed by atoms with Gasteiger partial charge in [-0.1, -0.05) is 0 Å². The van der Waals surface area contributed by atoms with Crippen molar-refractivity contribution in [2.75, 3.05) is 32.0 Å².